The molecule has 5 heteroatoms. The van der Waals surface area contributed by atoms with Crippen molar-refractivity contribution >= 4 is 34.8 Å². The van der Waals surface area contributed by atoms with Crippen LogP contribution in [0.25, 0.3) is 0 Å². The van der Waals surface area contributed by atoms with Gasteiger partial charge in [0.25, 0.3) is 0 Å². The molecule has 0 aliphatic rings. The molecule has 0 heterocycles. The van der Waals surface area contributed by atoms with E-state index in [-0.39, 0.29) is 0 Å². The van der Waals surface area contributed by atoms with Gasteiger partial charge in [0.05, 0.1) is 0 Å². The van der Waals surface area contributed by atoms with Gasteiger partial charge in [0.1, 0.15) is 0 Å². The molecule has 0 aliphatic carbocycles. The number of carbonyl (C=O) groups is 1. The summed E-state index contributed by atoms with van der Waals surface area (Å²) in [4.78, 5) is 10.0. The van der Waals surface area contributed by atoms with Gasteiger partial charge in [0.2, 0.25) is 0 Å². The summed E-state index contributed by atoms with van der Waals surface area (Å²) in [5.41, 5.74) is 0. The topological polar surface area (TPSA) is 49.3 Å². The molecule has 0 aromatic carbocycles. The van der Waals surface area contributed by atoms with Crippen molar-refractivity contribution < 1.29 is 9.90 Å². The van der Waals surface area contributed by atoms with E-state index in [4.69, 9.17) is 5.11 Å². The average molecular weight is 199 g/mol. The van der Waals surface area contributed by atoms with Crippen molar-refractivity contribution in [3.63, 3.8) is 0 Å². The second-order valence-corrected chi connectivity index (χ2v) is 2.05. The van der Waals surface area contributed by atoms with E-state index in [1.807, 2.05) is 0 Å². The van der Waals surface area contributed by atoms with Gasteiger partial charge in [0, 0.05) is 0 Å². The third kappa shape index (κ3) is 2.57. The summed E-state index contributed by atoms with van der Waals surface area (Å²) in [6.07, 6.45) is 0. The number of carboxylic acid groups (broad SMARTS) is 1. The quantitative estimate of drug-likeness (QED) is 0.405. The Labute approximate surface area is 61.3 Å². The maximum absolute atomic E-state index is 10.0. The van der Waals surface area contributed by atoms with Gasteiger partial charge in [0.15, 0.2) is 0 Å². The molecule has 1 atom stereocenters. The zero-order chi connectivity index (χ0) is 6.57. The second-order valence-electron chi connectivity index (χ2n) is 1.19. The van der Waals surface area contributed by atoms with Crippen LogP contribution in [0.3, 0.4) is 0 Å². The molecule has 0 unspecified atom stereocenters. The first kappa shape index (κ1) is 8.30. The van der Waals surface area contributed by atoms with Gasteiger partial charge in [-0.05, 0) is 0 Å². The Hall–Kier alpha value is 0.299. The molecule has 0 spiro atoms. The molecule has 0 fully saturated rings. The molecule has 0 amide bonds. The summed E-state index contributed by atoms with van der Waals surface area (Å²) in [5.74, 6) is -0.596. The molecule has 47 valence electrons. The molecule has 2 N–H and O–H groups in total. The third-order valence-electron chi connectivity index (χ3n) is 0.623. The summed E-state index contributed by atoms with van der Waals surface area (Å²) in [5, 5.41) is 8.24. The SMILES string of the molecule is O=C(O)[C@H](CS)N[Se]. The van der Waals surface area contributed by atoms with E-state index in [0.717, 1.165) is 0 Å². The standard InChI is InChI=1S/C3H6NO2SSe/c5-3(6)2(1-7)4-8/h2,4,7H,1H2,(H,5,6)/t2-/m0/s1. The first-order valence-corrected chi connectivity index (χ1v) is 3.42. The summed E-state index contributed by atoms with van der Waals surface area (Å²) in [6, 6.07) is -0.571. The predicted molar refractivity (Wildman–Crippen MR) is 34.2 cm³/mol. The van der Waals surface area contributed by atoms with E-state index < -0.39 is 12.0 Å². The Morgan fingerprint density at radius 3 is 2.50 bits per heavy atom. The molecule has 0 aliphatic heterocycles. The molecule has 0 rings (SSSR count). The summed E-state index contributed by atoms with van der Waals surface area (Å²) in [7, 11) is 0. The first-order valence-electron chi connectivity index (χ1n) is 1.93. The molecule has 0 saturated heterocycles. The van der Waals surface area contributed by atoms with E-state index in [9.17, 15) is 4.79 Å². The average Bonchev–Trinajstić information content (AvgIpc) is 1.69. The van der Waals surface area contributed by atoms with Gasteiger partial charge in [-0.3, -0.25) is 0 Å². The van der Waals surface area contributed by atoms with Gasteiger partial charge in [-0.25, -0.2) is 0 Å². The van der Waals surface area contributed by atoms with E-state index in [1.165, 1.54) is 0 Å². The van der Waals surface area contributed by atoms with E-state index in [0.29, 0.717) is 5.75 Å². The monoisotopic (exact) mass is 200 g/mol. The van der Waals surface area contributed by atoms with Gasteiger partial charge >= 0.3 is 60.9 Å². The van der Waals surface area contributed by atoms with Crippen LogP contribution in [0.15, 0.2) is 0 Å². The van der Waals surface area contributed by atoms with E-state index in [2.05, 4.69) is 33.2 Å². The molecular formula is C3H6NO2SSe. The van der Waals surface area contributed by atoms with Crippen LogP contribution in [0.2, 0.25) is 0 Å². The predicted octanol–water partition coefficient (Wildman–Crippen LogP) is -0.958. The molecule has 8 heavy (non-hydrogen) atoms. The molecular weight excluding hydrogens is 193 g/mol. The molecule has 1 radical (unpaired) electrons. The number of hydrogen-bond acceptors (Lipinski definition) is 3. The minimum absolute atomic E-state index is 0.294. The van der Waals surface area contributed by atoms with Gasteiger partial charge in [-0.1, -0.05) is 0 Å². The van der Waals surface area contributed by atoms with Crippen LogP contribution in [-0.2, 0) is 4.79 Å². The fraction of sp³-hybridized carbons (Fsp3) is 0.667. The maximum atomic E-state index is 10.0. The molecule has 0 bridgehead atoms. The molecule has 0 aromatic rings. The Kier molecular flexibility index (Phi) is 4.36. The fourth-order valence-corrected chi connectivity index (χ4v) is 1.08. The minimum atomic E-state index is -0.890. The van der Waals surface area contributed by atoms with Crippen molar-refractivity contribution in [1.29, 1.82) is 0 Å². The van der Waals surface area contributed by atoms with Crippen LogP contribution < -0.4 is 4.33 Å². The van der Waals surface area contributed by atoms with Crippen LogP contribution in [0.1, 0.15) is 0 Å². The second kappa shape index (κ2) is 4.21. The zero-order valence-electron chi connectivity index (χ0n) is 4.00. The molecule has 3 nitrogen and oxygen atoms in total. The van der Waals surface area contributed by atoms with Gasteiger partial charge in [-0.2, -0.15) is 0 Å². The van der Waals surface area contributed by atoms with Crippen molar-refractivity contribution in [1.82, 2.24) is 4.33 Å². The summed E-state index contributed by atoms with van der Waals surface area (Å²) in [6.45, 7) is 0. The number of aliphatic carboxylic acids is 1. The van der Waals surface area contributed by atoms with Crippen LogP contribution in [0, 0.1) is 0 Å². The van der Waals surface area contributed by atoms with Crippen LogP contribution >= 0.6 is 12.6 Å². The first-order chi connectivity index (χ1) is 3.72. The van der Waals surface area contributed by atoms with Crippen molar-refractivity contribution in [2.24, 2.45) is 0 Å². The number of carboxylic acids is 1. The van der Waals surface area contributed by atoms with Crippen LogP contribution in [-0.4, -0.2) is 39.1 Å². The van der Waals surface area contributed by atoms with Crippen molar-refractivity contribution in [3.05, 3.63) is 0 Å². The number of hydrogen-bond donors (Lipinski definition) is 3. The third-order valence-corrected chi connectivity index (χ3v) is 1.59. The van der Waals surface area contributed by atoms with Crippen molar-refractivity contribution in [3.8, 4) is 0 Å². The number of rotatable bonds is 3. The molecule has 0 saturated carbocycles. The molecule has 0 aromatic heterocycles. The fourth-order valence-electron chi connectivity index (χ4n) is 0.166. The van der Waals surface area contributed by atoms with E-state index in [1.54, 1.807) is 0 Å². The zero-order valence-corrected chi connectivity index (χ0v) is 6.60. The Morgan fingerprint density at radius 2 is 2.50 bits per heavy atom. The van der Waals surface area contributed by atoms with Crippen molar-refractivity contribution in [2.45, 2.75) is 6.04 Å². The Bertz CT molecular complexity index is 85.4. The van der Waals surface area contributed by atoms with Crippen molar-refractivity contribution in [2.75, 3.05) is 5.75 Å². The summed E-state index contributed by atoms with van der Waals surface area (Å²) >= 11 is 6.17. The van der Waals surface area contributed by atoms with Crippen LogP contribution in [0.5, 0.6) is 0 Å². The number of thiol groups is 1. The number of nitrogens with one attached hydrogen (secondary N) is 1. The van der Waals surface area contributed by atoms with Gasteiger partial charge < -0.3 is 0 Å². The normalized spacial score (nSPS) is 13.2. The van der Waals surface area contributed by atoms with Crippen LogP contribution in [0.4, 0.5) is 0 Å². The Balaban J connectivity index is 3.52. The van der Waals surface area contributed by atoms with E-state index >= 15 is 0 Å². The van der Waals surface area contributed by atoms with Gasteiger partial charge in [-0.15, -0.1) is 0 Å². The summed E-state index contributed by atoms with van der Waals surface area (Å²) < 4.78 is 2.45. The Morgan fingerprint density at radius 1 is 2.00 bits per heavy atom.